The van der Waals surface area contributed by atoms with E-state index in [4.69, 9.17) is 0 Å². The molecular weight excluding hydrogens is 446 g/mol. The van der Waals surface area contributed by atoms with Crippen LogP contribution in [0.4, 0.5) is 11.4 Å². The monoisotopic (exact) mass is 471 g/mol. The molecule has 0 radical (unpaired) electrons. The molecule has 0 saturated carbocycles. The van der Waals surface area contributed by atoms with Gasteiger partial charge in [0.15, 0.2) is 0 Å². The zero-order valence-electron chi connectivity index (χ0n) is 19.6. The van der Waals surface area contributed by atoms with E-state index in [0.717, 1.165) is 46.5 Å². The van der Waals surface area contributed by atoms with Gasteiger partial charge in [0, 0.05) is 17.3 Å². The van der Waals surface area contributed by atoms with Gasteiger partial charge in [-0.3, -0.25) is 14.9 Å². The summed E-state index contributed by atoms with van der Waals surface area (Å²) in [6.07, 6.45) is 7.58. The summed E-state index contributed by atoms with van der Waals surface area (Å²) in [7, 11) is 0. The van der Waals surface area contributed by atoms with Crippen molar-refractivity contribution in [3.63, 3.8) is 0 Å². The summed E-state index contributed by atoms with van der Waals surface area (Å²) >= 11 is 0. The predicted octanol–water partition coefficient (Wildman–Crippen LogP) is 6.29. The van der Waals surface area contributed by atoms with Crippen molar-refractivity contribution < 1.29 is 4.79 Å². The van der Waals surface area contributed by atoms with Crippen LogP contribution in [0.25, 0.3) is 23.1 Å². The third-order valence-corrected chi connectivity index (χ3v) is 6.58. The first-order chi connectivity index (χ1) is 17.7. The summed E-state index contributed by atoms with van der Waals surface area (Å²) in [5, 5.41) is 15.2. The Hall–Kier alpha value is -4.71. The zero-order chi connectivity index (χ0) is 24.3. The third-order valence-electron chi connectivity index (χ3n) is 6.58. The molecule has 1 amide bonds. The van der Waals surface area contributed by atoms with Crippen molar-refractivity contribution >= 4 is 40.3 Å². The SMILES string of the molecule is O=C(NC1CCc2ccccc21)c1ccccc1Nc1ccc2c(/C=C/c3ccccn3)n[nH]c2c1. The number of pyridine rings is 1. The van der Waals surface area contributed by atoms with Crippen LogP contribution in [0.3, 0.4) is 0 Å². The Morgan fingerprint density at radius 2 is 1.81 bits per heavy atom. The number of nitrogens with one attached hydrogen (secondary N) is 3. The van der Waals surface area contributed by atoms with Crippen LogP contribution in [0.2, 0.25) is 0 Å². The molecule has 2 aromatic heterocycles. The molecule has 0 bridgehead atoms. The topological polar surface area (TPSA) is 82.7 Å². The number of aryl methyl sites for hydroxylation is 1. The lowest BCUT2D eigenvalue weighted by molar-refractivity contribution is 0.0937. The molecule has 0 aliphatic heterocycles. The predicted molar refractivity (Wildman–Crippen MR) is 144 cm³/mol. The number of carbonyl (C=O) groups excluding carboxylic acids is 1. The van der Waals surface area contributed by atoms with E-state index in [9.17, 15) is 4.79 Å². The molecule has 3 aromatic carbocycles. The molecule has 1 unspecified atom stereocenters. The summed E-state index contributed by atoms with van der Waals surface area (Å²) < 4.78 is 0. The van der Waals surface area contributed by atoms with Crippen LogP contribution in [0.15, 0.2) is 91.1 Å². The first kappa shape index (κ1) is 21.8. The van der Waals surface area contributed by atoms with Crippen LogP contribution in [0.1, 0.15) is 45.3 Å². The van der Waals surface area contributed by atoms with E-state index < -0.39 is 0 Å². The van der Waals surface area contributed by atoms with Gasteiger partial charge in [-0.25, -0.2) is 0 Å². The number of H-pyrrole nitrogens is 1. The molecular formula is C30H25N5O. The molecule has 0 saturated heterocycles. The van der Waals surface area contributed by atoms with Gasteiger partial charge in [-0.15, -0.1) is 0 Å². The van der Waals surface area contributed by atoms with Gasteiger partial charge >= 0.3 is 0 Å². The highest BCUT2D eigenvalue weighted by Gasteiger charge is 2.24. The number of hydrogen-bond acceptors (Lipinski definition) is 4. The number of nitrogens with zero attached hydrogens (tertiary/aromatic N) is 2. The highest BCUT2D eigenvalue weighted by atomic mass is 16.1. The Balaban J connectivity index is 1.21. The average Bonchev–Trinajstić information content (AvgIpc) is 3.52. The fourth-order valence-electron chi connectivity index (χ4n) is 4.77. The van der Waals surface area contributed by atoms with E-state index in [1.807, 2.05) is 78.9 Å². The number of carbonyl (C=O) groups is 1. The molecule has 5 aromatic rings. The Morgan fingerprint density at radius 1 is 0.944 bits per heavy atom. The highest BCUT2D eigenvalue weighted by molar-refractivity contribution is 6.01. The largest absolute Gasteiger partial charge is 0.355 e. The molecule has 1 aliphatic carbocycles. The number of fused-ring (bicyclic) bond motifs is 2. The Kier molecular flexibility index (Phi) is 5.75. The summed E-state index contributed by atoms with van der Waals surface area (Å²) in [5.41, 5.74) is 7.41. The number of aromatic nitrogens is 3. The van der Waals surface area contributed by atoms with Crippen molar-refractivity contribution in [2.45, 2.75) is 18.9 Å². The van der Waals surface area contributed by atoms with Gasteiger partial charge in [0.2, 0.25) is 0 Å². The van der Waals surface area contributed by atoms with Crippen LogP contribution in [0.5, 0.6) is 0 Å². The van der Waals surface area contributed by atoms with E-state index in [1.165, 1.54) is 11.1 Å². The summed E-state index contributed by atoms with van der Waals surface area (Å²) in [6.45, 7) is 0. The lowest BCUT2D eigenvalue weighted by Crippen LogP contribution is -2.27. The molecule has 6 rings (SSSR count). The lowest BCUT2D eigenvalue weighted by atomic mass is 10.1. The lowest BCUT2D eigenvalue weighted by Gasteiger charge is -2.17. The second-order valence-electron chi connectivity index (χ2n) is 8.89. The molecule has 1 atom stereocenters. The van der Waals surface area contributed by atoms with E-state index in [2.05, 4.69) is 44.0 Å². The summed E-state index contributed by atoms with van der Waals surface area (Å²) in [5.74, 6) is -0.0793. The van der Waals surface area contributed by atoms with Crippen LogP contribution < -0.4 is 10.6 Å². The summed E-state index contributed by atoms with van der Waals surface area (Å²) in [4.78, 5) is 17.6. The Bertz CT molecular complexity index is 1570. The molecule has 1 aliphatic rings. The van der Waals surface area contributed by atoms with Crippen LogP contribution in [-0.4, -0.2) is 21.1 Å². The first-order valence-electron chi connectivity index (χ1n) is 12.1. The van der Waals surface area contributed by atoms with Crippen molar-refractivity contribution in [2.24, 2.45) is 0 Å². The van der Waals surface area contributed by atoms with Crippen molar-refractivity contribution in [3.8, 4) is 0 Å². The zero-order valence-corrected chi connectivity index (χ0v) is 19.6. The number of hydrogen-bond donors (Lipinski definition) is 3. The third kappa shape index (κ3) is 4.36. The number of anilines is 2. The fourth-order valence-corrected chi connectivity index (χ4v) is 4.77. The Morgan fingerprint density at radius 3 is 2.72 bits per heavy atom. The van der Waals surface area contributed by atoms with Crippen LogP contribution in [-0.2, 0) is 6.42 Å². The maximum Gasteiger partial charge on any atom is 0.253 e. The minimum Gasteiger partial charge on any atom is -0.355 e. The minimum absolute atomic E-state index is 0.0423. The number of para-hydroxylation sites is 1. The number of amides is 1. The standard InChI is InChI=1S/C30H25N5O/c36-30(33-27-16-12-20-7-1-2-9-23(20)27)25-10-3-4-11-26(25)32-22-13-15-24-28(34-35-29(24)19-22)17-14-21-8-5-6-18-31-21/h1-11,13-15,17-19,27,32H,12,16H2,(H,33,36)(H,34,35)/b17-14+. The van der Waals surface area contributed by atoms with Gasteiger partial charge in [0.25, 0.3) is 5.91 Å². The molecule has 176 valence electrons. The second-order valence-corrected chi connectivity index (χ2v) is 8.89. The number of aromatic amines is 1. The normalized spacial score (nSPS) is 14.7. The summed E-state index contributed by atoms with van der Waals surface area (Å²) in [6, 6.07) is 27.8. The van der Waals surface area contributed by atoms with Gasteiger partial charge < -0.3 is 10.6 Å². The molecule has 2 heterocycles. The van der Waals surface area contributed by atoms with E-state index in [0.29, 0.717) is 5.56 Å². The quantitative estimate of drug-likeness (QED) is 0.272. The molecule has 3 N–H and O–H groups in total. The van der Waals surface area contributed by atoms with Gasteiger partial charge in [-0.05, 0) is 78.6 Å². The molecule has 36 heavy (non-hydrogen) atoms. The van der Waals surface area contributed by atoms with Gasteiger partial charge in [0.05, 0.1) is 34.2 Å². The molecule has 0 fully saturated rings. The average molecular weight is 472 g/mol. The van der Waals surface area contributed by atoms with Gasteiger partial charge in [-0.2, -0.15) is 5.10 Å². The fraction of sp³-hybridized carbons (Fsp3) is 0.100. The van der Waals surface area contributed by atoms with Crippen molar-refractivity contribution in [3.05, 3.63) is 119 Å². The highest BCUT2D eigenvalue weighted by Crippen LogP contribution is 2.32. The minimum atomic E-state index is -0.0793. The van der Waals surface area contributed by atoms with Crippen LogP contribution >= 0.6 is 0 Å². The molecule has 6 nitrogen and oxygen atoms in total. The maximum absolute atomic E-state index is 13.2. The van der Waals surface area contributed by atoms with Gasteiger partial charge in [0.1, 0.15) is 0 Å². The second kappa shape index (κ2) is 9.50. The Labute approximate surface area is 209 Å². The van der Waals surface area contributed by atoms with E-state index in [1.54, 1.807) is 6.20 Å². The molecule has 0 spiro atoms. The first-order valence-corrected chi connectivity index (χ1v) is 12.1. The number of benzene rings is 3. The van der Waals surface area contributed by atoms with Crippen LogP contribution in [0, 0.1) is 0 Å². The number of rotatable bonds is 6. The maximum atomic E-state index is 13.2. The van der Waals surface area contributed by atoms with Crippen molar-refractivity contribution in [2.75, 3.05) is 5.32 Å². The smallest absolute Gasteiger partial charge is 0.253 e. The van der Waals surface area contributed by atoms with Crippen molar-refractivity contribution in [1.29, 1.82) is 0 Å². The van der Waals surface area contributed by atoms with Crippen molar-refractivity contribution in [1.82, 2.24) is 20.5 Å². The van der Waals surface area contributed by atoms with E-state index in [-0.39, 0.29) is 11.9 Å². The molecule has 6 heteroatoms. The van der Waals surface area contributed by atoms with Gasteiger partial charge in [-0.1, -0.05) is 42.5 Å². The van der Waals surface area contributed by atoms with E-state index >= 15 is 0 Å².